The van der Waals surface area contributed by atoms with E-state index in [-0.39, 0.29) is 5.91 Å². The molecule has 1 saturated heterocycles. The Kier molecular flexibility index (Phi) is 6.77. The maximum absolute atomic E-state index is 12.9. The van der Waals surface area contributed by atoms with Crippen molar-refractivity contribution in [2.75, 3.05) is 26.2 Å². The molecule has 0 saturated carbocycles. The fourth-order valence-electron chi connectivity index (χ4n) is 3.51. The summed E-state index contributed by atoms with van der Waals surface area (Å²) in [6, 6.07) is 19.5. The number of para-hydroxylation sites is 1. The third kappa shape index (κ3) is 5.26. The van der Waals surface area contributed by atoms with Gasteiger partial charge in [-0.25, -0.2) is 0 Å². The summed E-state index contributed by atoms with van der Waals surface area (Å²) in [7, 11) is 0. The standard InChI is InChI=1S/C24H24BrN3O2/c25-22-5-1-2-6-23(22)30-18-19-7-9-21(10-8-19)24(29)28-14-12-27(13-15-28)17-20-4-3-11-26-16-20/h1-11,16H,12-15,17-18H2. The molecule has 0 N–H and O–H groups in total. The quantitative estimate of drug-likeness (QED) is 0.541. The number of aromatic nitrogens is 1. The second kappa shape index (κ2) is 9.87. The number of nitrogens with zero attached hydrogens (tertiary/aromatic N) is 3. The van der Waals surface area contributed by atoms with Crippen molar-refractivity contribution in [3.05, 3.63) is 94.2 Å². The van der Waals surface area contributed by atoms with Crippen molar-refractivity contribution in [1.29, 1.82) is 0 Å². The summed E-state index contributed by atoms with van der Waals surface area (Å²) in [5.41, 5.74) is 2.96. The van der Waals surface area contributed by atoms with Crippen LogP contribution in [0, 0.1) is 0 Å². The highest BCUT2D eigenvalue weighted by Gasteiger charge is 2.22. The van der Waals surface area contributed by atoms with E-state index >= 15 is 0 Å². The molecule has 1 amide bonds. The van der Waals surface area contributed by atoms with Gasteiger partial charge in [-0.15, -0.1) is 0 Å². The van der Waals surface area contributed by atoms with Crippen LogP contribution in [0.25, 0.3) is 0 Å². The fraction of sp³-hybridized carbons (Fsp3) is 0.250. The molecule has 0 radical (unpaired) electrons. The molecule has 1 fully saturated rings. The van der Waals surface area contributed by atoms with Gasteiger partial charge in [0.2, 0.25) is 0 Å². The zero-order valence-electron chi connectivity index (χ0n) is 16.7. The van der Waals surface area contributed by atoms with Gasteiger partial charge in [-0.2, -0.15) is 0 Å². The first-order valence-corrected chi connectivity index (χ1v) is 10.8. The zero-order valence-corrected chi connectivity index (χ0v) is 18.3. The Morgan fingerprint density at radius 1 is 0.933 bits per heavy atom. The molecule has 3 aromatic rings. The van der Waals surface area contributed by atoms with Gasteiger partial charge in [-0.1, -0.05) is 30.3 Å². The molecule has 1 aliphatic heterocycles. The van der Waals surface area contributed by atoms with Crippen molar-refractivity contribution in [3.8, 4) is 5.75 Å². The Morgan fingerprint density at radius 2 is 1.70 bits per heavy atom. The van der Waals surface area contributed by atoms with Gasteiger partial charge in [0.25, 0.3) is 5.91 Å². The average Bonchev–Trinajstić information content (AvgIpc) is 2.80. The van der Waals surface area contributed by atoms with Crippen LogP contribution in [0.5, 0.6) is 5.75 Å². The van der Waals surface area contributed by atoms with E-state index in [1.807, 2.05) is 65.7 Å². The van der Waals surface area contributed by atoms with E-state index in [0.717, 1.165) is 54.1 Å². The van der Waals surface area contributed by atoms with Crippen molar-refractivity contribution in [1.82, 2.24) is 14.8 Å². The van der Waals surface area contributed by atoms with Crippen molar-refractivity contribution in [3.63, 3.8) is 0 Å². The molecule has 6 heteroatoms. The number of piperazine rings is 1. The highest BCUT2D eigenvalue weighted by molar-refractivity contribution is 9.10. The summed E-state index contributed by atoms with van der Waals surface area (Å²) in [6.45, 7) is 4.57. The number of halogens is 1. The molecule has 2 aromatic carbocycles. The van der Waals surface area contributed by atoms with Crippen molar-refractivity contribution >= 4 is 21.8 Å². The summed E-state index contributed by atoms with van der Waals surface area (Å²) < 4.78 is 6.78. The molecule has 154 valence electrons. The van der Waals surface area contributed by atoms with Gasteiger partial charge in [0.1, 0.15) is 12.4 Å². The molecular formula is C24H24BrN3O2. The van der Waals surface area contributed by atoms with E-state index < -0.39 is 0 Å². The van der Waals surface area contributed by atoms with Crippen LogP contribution in [-0.2, 0) is 13.2 Å². The van der Waals surface area contributed by atoms with Crippen LogP contribution in [0.3, 0.4) is 0 Å². The summed E-state index contributed by atoms with van der Waals surface area (Å²) in [4.78, 5) is 21.3. The molecule has 1 aromatic heterocycles. The number of hydrogen-bond acceptors (Lipinski definition) is 4. The first kappa shape index (κ1) is 20.6. The van der Waals surface area contributed by atoms with E-state index in [0.29, 0.717) is 6.61 Å². The number of rotatable bonds is 6. The number of carbonyl (C=O) groups excluding carboxylic acids is 1. The summed E-state index contributed by atoms with van der Waals surface area (Å²) in [5, 5.41) is 0. The van der Waals surface area contributed by atoms with Gasteiger partial charge < -0.3 is 9.64 Å². The largest absolute Gasteiger partial charge is 0.488 e. The predicted octanol–water partition coefficient (Wildman–Crippen LogP) is 4.38. The van der Waals surface area contributed by atoms with E-state index in [1.54, 1.807) is 6.20 Å². The van der Waals surface area contributed by atoms with Gasteiger partial charge >= 0.3 is 0 Å². The normalized spacial score (nSPS) is 14.5. The molecule has 5 nitrogen and oxygen atoms in total. The third-order valence-corrected chi connectivity index (χ3v) is 5.88. The molecule has 1 aliphatic rings. The Bertz CT molecular complexity index is 971. The number of hydrogen-bond donors (Lipinski definition) is 0. The van der Waals surface area contributed by atoms with E-state index in [1.165, 1.54) is 5.56 Å². The zero-order chi connectivity index (χ0) is 20.8. The van der Waals surface area contributed by atoms with Crippen LogP contribution < -0.4 is 4.74 Å². The Hall–Kier alpha value is -2.70. The maximum Gasteiger partial charge on any atom is 0.253 e. The lowest BCUT2D eigenvalue weighted by Crippen LogP contribution is -2.48. The number of carbonyl (C=O) groups is 1. The minimum Gasteiger partial charge on any atom is -0.488 e. The van der Waals surface area contributed by atoms with Gasteiger partial charge in [-0.3, -0.25) is 14.7 Å². The summed E-state index contributed by atoms with van der Waals surface area (Å²) >= 11 is 3.49. The smallest absolute Gasteiger partial charge is 0.253 e. The first-order chi connectivity index (χ1) is 14.7. The Morgan fingerprint density at radius 3 is 2.40 bits per heavy atom. The average molecular weight is 466 g/mol. The van der Waals surface area contributed by atoms with Crippen LogP contribution in [0.4, 0.5) is 0 Å². The minimum atomic E-state index is 0.0919. The summed E-state index contributed by atoms with van der Waals surface area (Å²) in [5.74, 6) is 0.899. The number of pyridine rings is 1. The molecule has 0 bridgehead atoms. The van der Waals surface area contributed by atoms with Gasteiger partial charge in [0.15, 0.2) is 0 Å². The summed E-state index contributed by atoms with van der Waals surface area (Å²) in [6.07, 6.45) is 3.69. The highest BCUT2D eigenvalue weighted by atomic mass is 79.9. The van der Waals surface area contributed by atoms with Crippen LogP contribution in [0.2, 0.25) is 0 Å². The molecule has 30 heavy (non-hydrogen) atoms. The second-order valence-electron chi connectivity index (χ2n) is 7.35. The fourth-order valence-corrected chi connectivity index (χ4v) is 3.91. The van der Waals surface area contributed by atoms with E-state index in [9.17, 15) is 4.79 Å². The van der Waals surface area contributed by atoms with Crippen LogP contribution in [0.15, 0.2) is 77.5 Å². The monoisotopic (exact) mass is 465 g/mol. The lowest BCUT2D eigenvalue weighted by molar-refractivity contribution is 0.0628. The highest BCUT2D eigenvalue weighted by Crippen LogP contribution is 2.24. The van der Waals surface area contributed by atoms with Crippen molar-refractivity contribution in [2.45, 2.75) is 13.2 Å². The lowest BCUT2D eigenvalue weighted by atomic mass is 10.1. The molecule has 2 heterocycles. The molecule has 0 spiro atoms. The first-order valence-electron chi connectivity index (χ1n) is 10.1. The topological polar surface area (TPSA) is 45.7 Å². The Labute approximate surface area is 185 Å². The molecular weight excluding hydrogens is 442 g/mol. The molecule has 0 aliphatic carbocycles. The van der Waals surface area contributed by atoms with Crippen molar-refractivity contribution in [2.24, 2.45) is 0 Å². The second-order valence-corrected chi connectivity index (χ2v) is 8.20. The predicted molar refractivity (Wildman–Crippen MR) is 120 cm³/mol. The third-order valence-electron chi connectivity index (χ3n) is 5.22. The van der Waals surface area contributed by atoms with Gasteiger partial charge in [0, 0.05) is 50.7 Å². The molecule has 0 unspecified atom stereocenters. The molecule has 4 rings (SSSR count). The van der Waals surface area contributed by atoms with Crippen LogP contribution in [0.1, 0.15) is 21.5 Å². The van der Waals surface area contributed by atoms with E-state index in [4.69, 9.17) is 4.74 Å². The maximum atomic E-state index is 12.9. The van der Waals surface area contributed by atoms with Gasteiger partial charge in [0.05, 0.1) is 4.47 Å². The lowest BCUT2D eigenvalue weighted by Gasteiger charge is -2.34. The number of ether oxygens (including phenoxy) is 1. The van der Waals surface area contributed by atoms with Gasteiger partial charge in [-0.05, 0) is 57.4 Å². The Balaban J connectivity index is 1.28. The van der Waals surface area contributed by atoms with Crippen LogP contribution in [-0.4, -0.2) is 46.9 Å². The number of benzene rings is 2. The number of amides is 1. The van der Waals surface area contributed by atoms with E-state index in [2.05, 4.69) is 31.9 Å². The minimum absolute atomic E-state index is 0.0919. The molecule has 0 atom stereocenters. The van der Waals surface area contributed by atoms with Crippen LogP contribution >= 0.6 is 15.9 Å². The van der Waals surface area contributed by atoms with Crippen molar-refractivity contribution < 1.29 is 9.53 Å². The SMILES string of the molecule is O=C(c1ccc(COc2ccccc2Br)cc1)N1CCN(Cc2cccnc2)CC1.